The number of phosphoric ester groups is 1. The molecule has 0 fully saturated rings. The normalized spacial score (nSPS) is 13.8. The van der Waals surface area contributed by atoms with Crippen molar-refractivity contribution in [3.63, 3.8) is 0 Å². The molecule has 3 unspecified atom stereocenters. The standard InChI is InChI=1S/C59H117N2O7P/c1-7-10-13-16-19-22-25-28-30-31-33-36-39-42-45-48-51-58(62)60-56(55-67-69(64,65)66-54-53-61(4,5)6)57(50-47-44-41-38-35-32-27-24-21-18-15-12-9-3)68-59(63)52-49-46-43-40-37-34-29-26-23-20-17-14-11-8-2/h47,50,56-57H,7-46,48-49,51-55H2,1-6H3,(H-,60,62,64,65)/b50-47+. The number of hydrogen-bond acceptors (Lipinski definition) is 7. The maximum Gasteiger partial charge on any atom is 0.306 e. The first-order chi connectivity index (χ1) is 33.4. The largest absolute Gasteiger partial charge is 0.756 e. The Balaban J connectivity index is 5.29. The minimum atomic E-state index is -4.69. The Hall–Kier alpha value is -1.25. The van der Waals surface area contributed by atoms with Crippen LogP contribution in [-0.2, 0) is 27.9 Å². The molecule has 0 bridgehead atoms. The number of unbranched alkanes of at least 4 members (excludes halogenated alkanes) is 39. The van der Waals surface area contributed by atoms with E-state index in [0.29, 0.717) is 17.4 Å². The van der Waals surface area contributed by atoms with Gasteiger partial charge in [0.2, 0.25) is 5.91 Å². The minimum absolute atomic E-state index is 0.0168. The number of hydrogen-bond donors (Lipinski definition) is 1. The molecule has 9 nitrogen and oxygen atoms in total. The average Bonchev–Trinajstić information content (AvgIpc) is 3.31. The molecule has 0 radical (unpaired) electrons. The van der Waals surface area contributed by atoms with Gasteiger partial charge in [-0.05, 0) is 31.8 Å². The summed E-state index contributed by atoms with van der Waals surface area (Å²) in [7, 11) is 1.21. The summed E-state index contributed by atoms with van der Waals surface area (Å²) in [5.74, 6) is -0.521. The summed E-state index contributed by atoms with van der Waals surface area (Å²) in [5, 5.41) is 3.03. The Labute approximate surface area is 429 Å². The number of carbonyl (C=O) groups excluding carboxylic acids is 2. The van der Waals surface area contributed by atoms with E-state index in [9.17, 15) is 19.0 Å². The zero-order valence-corrected chi connectivity index (χ0v) is 47.7. The van der Waals surface area contributed by atoms with E-state index < -0.39 is 20.0 Å². The van der Waals surface area contributed by atoms with E-state index in [1.54, 1.807) is 0 Å². The van der Waals surface area contributed by atoms with Crippen LogP contribution in [0.5, 0.6) is 0 Å². The number of likely N-dealkylation sites (N-methyl/N-ethyl adjacent to an activating group) is 1. The number of allylic oxidation sites excluding steroid dienone is 1. The zero-order chi connectivity index (χ0) is 50.8. The van der Waals surface area contributed by atoms with Crippen molar-refractivity contribution in [2.24, 2.45) is 0 Å². The molecule has 0 rings (SSSR count). The summed E-state index contributed by atoms with van der Waals surface area (Å²) in [6.45, 7) is 6.89. The van der Waals surface area contributed by atoms with Crippen LogP contribution in [0.3, 0.4) is 0 Å². The molecule has 0 heterocycles. The fourth-order valence-corrected chi connectivity index (χ4v) is 9.78. The maximum absolute atomic E-state index is 13.5. The van der Waals surface area contributed by atoms with Gasteiger partial charge in [-0.25, -0.2) is 0 Å². The predicted molar refractivity (Wildman–Crippen MR) is 294 cm³/mol. The molecule has 0 aliphatic rings. The molecule has 0 aliphatic heterocycles. The van der Waals surface area contributed by atoms with E-state index in [2.05, 4.69) is 26.1 Å². The number of nitrogens with one attached hydrogen (secondary N) is 1. The van der Waals surface area contributed by atoms with Gasteiger partial charge in [0.15, 0.2) is 0 Å². The summed E-state index contributed by atoms with van der Waals surface area (Å²) in [4.78, 5) is 39.9. The van der Waals surface area contributed by atoms with Crippen molar-refractivity contribution >= 4 is 19.7 Å². The van der Waals surface area contributed by atoms with Crippen molar-refractivity contribution in [3.05, 3.63) is 12.2 Å². The molecule has 0 saturated carbocycles. The zero-order valence-electron chi connectivity index (χ0n) is 46.8. The Morgan fingerprint density at radius 3 is 1.19 bits per heavy atom. The molecule has 0 aromatic rings. The van der Waals surface area contributed by atoms with E-state index in [1.807, 2.05) is 33.3 Å². The van der Waals surface area contributed by atoms with Crippen LogP contribution >= 0.6 is 7.82 Å². The number of quaternary nitrogens is 1. The molecular formula is C59H117N2O7P. The highest BCUT2D eigenvalue weighted by atomic mass is 31.2. The Bertz CT molecular complexity index is 1190. The molecule has 0 spiro atoms. The van der Waals surface area contributed by atoms with E-state index in [-0.39, 0.29) is 31.5 Å². The van der Waals surface area contributed by atoms with Crippen LogP contribution in [-0.4, -0.2) is 69.4 Å². The summed E-state index contributed by atoms with van der Waals surface area (Å²) in [6, 6.07) is -0.878. The molecule has 1 N–H and O–H groups in total. The molecular weight excluding hydrogens is 880 g/mol. The van der Waals surface area contributed by atoms with Crippen molar-refractivity contribution in [2.45, 2.75) is 315 Å². The topological polar surface area (TPSA) is 114 Å². The van der Waals surface area contributed by atoms with Crippen LogP contribution in [0.1, 0.15) is 303 Å². The molecule has 0 saturated heterocycles. The quantitative estimate of drug-likeness (QED) is 0.0212. The van der Waals surface area contributed by atoms with Crippen LogP contribution in [0.2, 0.25) is 0 Å². The third-order valence-electron chi connectivity index (χ3n) is 13.7. The van der Waals surface area contributed by atoms with Crippen molar-refractivity contribution < 1.29 is 37.3 Å². The number of ether oxygens (including phenoxy) is 1. The average molecular weight is 998 g/mol. The molecule has 0 aromatic heterocycles. The van der Waals surface area contributed by atoms with Crippen LogP contribution < -0.4 is 10.2 Å². The molecule has 10 heteroatoms. The van der Waals surface area contributed by atoms with Crippen molar-refractivity contribution in [3.8, 4) is 0 Å². The highest BCUT2D eigenvalue weighted by Gasteiger charge is 2.27. The Morgan fingerprint density at radius 2 is 0.826 bits per heavy atom. The summed E-state index contributed by atoms with van der Waals surface area (Å²) < 4.78 is 30.3. The second-order valence-corrected chi connectivity index (χ2v) is 23.3. The lowest BCUT2D eigenvalue weighted by atomic mass is 10.0. The number of esters is 1. The number of phosphoric acid groups is 1. The second-order valence-electron chi connectivity index (χ2n) is 21.9. The van der Waals surface area contributed by atoms with Gasteiger partial charge in [-0.3, -0.25) is 14.2 Å². The fraction of sp³-hybridized carbons (Fsp3) is 0.932. The molecule has 69 heavy (non-hydrogen) atoms. The number of amides is 1. The SMILES string of the molecule is CCCCCCCCCCCCC/C=C/C(OC(=O)CCCCCCCCCCCCCCCC)C(COP(=O)([O-])OCC[N+](C)(C)C)NC(=O)CCCCCCCCCCCCCCCCCC. The van der Waals surface area contributed by atoms with Gasteiger partial charge in [0.25, 0.3) is 7.82 Å². The third-order valence-corrected chi connectivity index (χ3v) is 14.7. The molecule has 410 valence electrons. The summed E-state index contributed by atoms with van der Waals surface area (Å²) >= 11 is 0. The molecule has 0 aromatic carbocycles. The highest BCUT2D eigenvalue weighted by Crippen LogP contribution is 2.38. The highest BCUT2D eigenvalue weighted by molar-refractivity contribution is 7.45. The smallest absolute Gasteiger partial charge is 0.306 e. The van der Waals surface area contributed by atoms with E-state index in [4.69, 9.17) is 13.8 Å². The maximum atomic E-state index is 13.5. The van der Waals surface area contributed by atoms with Gasteiger partial charge >= 0.3 is 5.97 Å². The van der Waals surface area contributed by atoms with Crippen LogP contribution in [0, 0.1) is 0 Å². The van der Waals surface area contributed by atoms with Gasteiger partial charge in [-0.1, -0.05) is 271 Å². The van der Waals surface area contributed by atoms with Crippen LogP contribution in [0.15, 0.2) is 12.2 Å². The number of carbonyl (C=O) groups is 2. The van der Waals surface area contributed by atoms with Crippen molar-refractivity contribution in [2.75, 3.05) is 40.9 Å². The van der Waals surface area contributed by atoms with Gasteiger partial charge < -0.3 is 28.5 Å². The van der Waals surface area contributed by atoms with Gasteiger partial charge in [0.1, 0.15) is 19.3 Å². The molecule has 0 aliphatic carbocycles. The lowest BCUT2D eigenvalue weighted by Gasteiger charge is -2.30. The lowest BCUT2D eigenvalue weighted by molar-refractivity contribution is -0.870. The lowest BCUT2D eigenvalue weighted by Crippen LogP contribution is -2.47. The number of rotatable bonds is 55. The van der Waals surface area contributed by atoms with Crippen LogP contribution in [0.25, 0.3) is 0 Å². The predicted octanol–water partition coefficient (Wildman–Crippen LogP) is 17.4. The number of nitrogens with zero attached hydrogens (tertiary/aromatic N) is 1. The Kier molecular flexibility index (Phi) is 49.4. The molecule has 1 amide bonds. The monoisotopic (exact) mass is 997 g/mol. The van der Waals surface area contributed by atoms with E-state index in [0.717, 1.165) is 57.8 Å². The van der Waals surface area contributed by atoms with Gasteiger partial charge in [0, 0.05) is 12.8 Å². The Morgan fingerprint density at radius 1 is 0.493 bits per heavy atom. The first-order valence-corrected chi connectivity index (χ1v) is 31.5. The summed E-state index contributed by atoms with van der Waals surface area (Å²) in [6.07, 6.45) is 55.9. The van der Waals surface area contributed by atoms with Gasteiger partial charge in [-0.15, -0.1) is 0 Å². The minimum Gasteiger partial charge on any atom is -0.756 e. The first kappa shape index (κ1) is 67.8. The van der Waals surface area contributed by atoms with Crippen molar-refractivity contribution in [1.29, 1.82) is 0 Å². The fourth-order valence-electron chi connectivity index (χ4n) is 9.05. The van der Waals surface area contributed by atoms with E-state index >= 15 is 0 Å². The van der Waals surface area contributed by atoms with Crippen molar-refractivity contribution in [1.82, 2.24) is 5.32 Å². The van der Waals surface area contributed by atoms with E-state index in [1.165, 1.54) is 212 Å². The van der Waals surface area contributed by atoms with Crippen LogP contribution in [0.4, 0.5) is 0 Å². The first-order valence-electron chi connectivity index (χ1n) is 30.0. The summed E-state index contributed by atoms with van der Waals surface area (Å²) in [5.41, 5.74) is 0. The molecule has 3 atom stereocenters. The van der Waals surface area contributed by atoms with Gasteiger partial charge in [-0.2, -0.15) is 0 Å². The third kappa shape index (κ3) is 51.5. The second kappa shape index (κ2) is 50.3. The van der Waals surface area contributed by atoms with Gasteiger partial charge in [0.05, 0.1) is 33.8 Å².